The summed E-state index contributed by atoms with van der Waals surface area (Å²) in [5.41, 5.74) is 10.5. The topological polar surface area (TPSA) is 104 Å². The molecule has 0 aliphatic carbocycles. The lowest BCUT2D eigenvalue weighted by Gasteiger charge is -2.33. The van der Waals surface area contributed by atoms with Crippen molar-refractivity contribution in [1.29, 1.82) is 0 Å². The molecule has 224 valence electrons. The molecule has 0 saturated carbocycles. The van der Waals surface area contributed by atoms with Gasteiger partial charge in [0.2, 0.25) is 5.76 Å². The Kier molecular flexibility index (Phi) is 10.0. The van der Waals surface area contributed by atoms with Crippen molar-refractivity contribution in [2.45, 2.75) is 52.1 Å². The van der Waals surface area contributed by atoms with Gasteiger partial charge in [-0.2, -0.15) is 0 Å². The van der Waals surface area contributed by atoms with Gasteiger partial charge < -0.3 is 29.3 Å². The summed E-state index contributed by atoms with van der Waals surface area (Å²) in [5.74, 6) is 0.238. The fourth-order valence-corrected chi connectivity index (χ4v) is 5.14. The number of nitrogens with two attached hydrogens (primary N) is 1. The van der Waals surface area contributed by atoms with Gasteiger partial charge in [0.1, 0.15) is 11.4 Å². The van der Waals surface area contributed by atoms with Crippen LogP contribution in [0.2, 0.25) is 5.02 Å². The lowest BCUT2D eigenvalue weighted by molar-refractivity contribution is 0.0204. The second-order valence-electron chi connectivity index (χ2n) is 11.2. The Labute approximate surface area is 252 Å². The zero-order valence-corrected chi connectivity index (χ0v) is 25.6. The molecule has 1 amide bonds. The second kappa shape index (κ2) is 13.5. The number of furan rings is 1. The van der Waals surface area contributed by atoms with Gasteiger partial charge in [0.25, 0.3) is 0 Å². The van der Waals surface area contributed by atoms with Crippen molar-refractivity contribution in [3.05, 3.63) is 82.1 Å². The number of halogens is 1. The standard InChI is InChI=1S/C33H39ClN2O6/c1-6-40-31(37)30-27(20-29(41-30)22-7-10-24(34)11-8-22)25(15-18-39-5)26-19-23(9-12-28(26)35)21-13-16-36(17-14-21)32(38)42-33(2,3)4/h7-12,15,19-21H,6,13-14,16-18,35H2,1-5H3/b25-15+. The first kappa shape index (κ1) is 31.2. The third-order valence-electron chi connectivity index (χ3n) is 7.05. The van der Waals surface area contributed by atoms with Gasteiger partial charge in [-0.25, -0.2) is 9.59 Å². The largest absolute Gasteiger partial charge is 0.460 e. The Morgan fingerprint density at radius 2 is 1.76 bits per heavy atom. The Morgan fingerprint density at radius 3 is 2.38 bits per heavy atom. The highest BCUT2D eigenvalue weighted by Crippen LogP contribution is 2.38. The van der Waals surface area contributed by atoms with Crippen molar-refractivity contribution in [1.82, 2.24) is 4.90 Å². The van der Waals surface area contributed by atoms with Crippen LogP contribution in [0.5, 0.6) is 0 Å². The molecule has 9 heteroatoms. The number of esters is 1. The van der Waals surface area contributed by atoms with Crippen molar-refractivity contribution >= 4 is 34.9 Å². The first-order valence-electron chi connectivity index (χ1n) is 14.1. The van der Waals surface area contributed by atoms with E-state index < -0.39 is 11.6 Å². The molecule has 0 spiro atoms. The van der Waals surface area contributed by atoms with Crippen LogP contribution in [0.15, 0.2) is 59.0 Å². The van der Waals surface area contributed by atoms with E-state index in [2.05, 4.69) is 6.07 Å². The maximum atomic E-state index is 13.1. The molecule has 42 heavy (non-hydrogen) atoms. The SMILES string of the molecule is CCOC(=O)c1oc(-c2ccc(Cl)cc2)cc1/C(=C/COC)c1cc(C2CCN(C(=O)OC(C)(C)C)CC2)ccc1N. The normalized spacial score (nSPS) is 14.6. The maximum Gasteiger partial charge on any atom is 0.410 e. The number of benzene rings is 2. The summed E-state index contributed by atoms with van der Waals surface area (Å²) in [4.78, 5) is 27.4. The smallest absolute Gasteiger partial charge is 0.410 e. The molecule has 1 saturated heterocycles. The van der Waals surface area contributed by atoms with Crippen LogP contribution in [-0.4, -0.2) is 56.0 Å². The van der Waals surface area contributed by atoms with Gasteiger partial charge in [-0.15, -0.1) is 0 Å². The third kappa shape index (κ3) is 7.55. The molecule has 2 aromatic carbocycles. The van der Waals surface area contributed by atoms with Crippen LogP contribution < -0.4 is 5.73 Å². The van der Waals surface area contributed by atoms with Crippen LogP contribution in [0, 0.1) is 0 Å². The van der Waals surface area contributed by atoms with Crippen molar-refractivity contribution in [2.75, 3.05) is 39.1 Å². The number of carbonyl (C=O) groups is 2. The van der Waals surface area contributed by atoms with Gasteiger partial charge in [0, 0.05) is 47.6 Å². The minimum Gasteiger partial charge on any atom is -0.460 e. The third-order valence-corrected chi connectivity index (χ3v) is 7.30. The van der Waals surface area contributed by atoms with Crippen molar-refractivity contribution in [3.63, 3.8) is 0 Å². The van der Waals surface area contributed by atoms with Crippen LogP contribution in [0.3, 0.4) is 0 Å². The van der Waals surface area contributed by atoms with E-state index in [1.165, 1.54) is 0 Å². The predicted octanol–water partition coefficient (Wildman–Crippen LogP) is 7.55. The van der Waals surface area contributed by atoms with Crippen LogP contribution in [0.1, 0.15) is 73.7 Å². The molecule has 8 nitrogen and oxygen atoms in total. The van der Waals surface area contributed by atoms with E-state index in [1.54, 1.807) is 31.1 Å². The van der Waals surface area contributed by atoms with E-state index >= 15 is 0 Å². The molecule has 1 aromatic heterocycles. The second-order valence-corrected chi connectivity index (χ2v) is 11.7. The summed E-state index contributed by atoms with van der Waals surface area (Å²) in [6.45, 7) is 9.05. The molecule has 0 unspecified atom stereocenters. The lowest BCUT2D eigenvalue weighted by Crippen LogP contribution is -2.41. The van der Waals surface area contributed by atoms with Crippen LogP contribution in [0.25, 0.3) is 16.9 Å². The van der Waals surface area contributed by atoms with E-state index in [0.29, 0.717) is 40.7 Å². The van der Waals surface area contributed by atoms with Gasteiger partial charge in [0.15, 0.2) is 0 Å². The van der Waals surface area contributed by atoms with Gasteiger partial charge in [0.05, 0.1) is 13.2 Å². The number of nitrogens with zero attached hydrogens (tertiary/aromatic N) is 1. The van der Waals surface area contributed by atoms with Gasteiger partial charge in [-0.05, 0) is 100 Å². The van der Waals surface area contributed by atoms with Gasteiger partial charge in [-0.3, -0.25) is 0 Å². The fraction of sp³-hybridized carbons (Fsp3) is 0.394. The number of amides is 1. The molecule has 1 aliphatic heterocycles. The van der Waals surface area contributed by atoms with E-state index in [9.17, 15) is 9.59 Å². The number of carbonyl (C=O) groups excluding carboxylic acids is 2. The Bertz CT molecular complexity index is 1430. The highest BCUT2D eigenvalue weighted by atomic mass is 35.5. The van der Waals surface area contributed by atoms with Gasteiger partial charge >= 0.3 is 12.1 Å². The molecule has 2 heterocycles. The van der Waals surface area contributed by atoms with E-state index in [-0.39, 0.29) is 31.0 Å². The average molecular weight is 595 g/mol. The minimum atomic E-state index is -0.569. The van der Waals surface area contributed by atoms with Crippen LogP contribution >= 0.6 is 11.6 Å². The molecule has 0 radical (unpaired) electrons. The molecular weight excluding hydrogens is 556 g/mol. The number of hydrogen-bond acceptors (Lipinski definition) is 7. The van der Waals surface area contributed by atoms with Crippen molar-refractivity contribution in [2.24, 2.45) is 0 Å². The van der Waals surface area contributed by atoms with Crippen LogP contribution in [-0.2, 0) is 14.2 Å². The number of likely N-dealkylation sites (tertiary alicyclic amines) is 1. The van der Waals surface area contributed by atoms with E-state index in [4.69, 9.17) is 36.0 Å². The molecule has 1 aliphatic rings. The maximum absolute atomic E-state index is 13.1. The van der Waals surface area contributed by atoms with E-state index in [0.717, 1.165) is 29.5 Å². The summed E-state index contributed by atoms with van der Waals surface area (Å²) in [6, 6.07) is 15.0. The molecule has 0 atom stereocenters. The summed E-state index contributed by atoms with van der Waals surface area (Å²) >= 11 is 6.09. The molecule has 3 aromatic rings. The number of rotatable bonds is 8. The number of nitrogen functional groups attached to an aromatic ring is 1. The molecule has 0 bridgehead atoms. The summed E-state index contributed by atoms with van der Waals surface area (Å²) in [7, 11) is 1.60. The Balaban J connectivity index is 1.70. The predicted molar refractivity (Wildman–Crippen MR) is 165 cm³/mol. The Morgan fingerprint density at radius 1 is 1.07 bits per heavy atom. The van der Waals surface area contributed by atoms with Crippen molar-refractivity contribution in [3.8, 4) is 11.3 Å². The minimum absolute atomic E-state index is 0.0830. The van der Waals surface area contributed by atoms with Crippen molar-refractivity contribution < 1.29 is 28.2 Å². The molecule has 1 fully saturated rings. The average Bonchev–Trinajstić information content (AvgIpc) is 3.39. The first-order valence-corrected chi connectivity index (χ1v) is 14.5. The quantitative estimate of drug-likeness (QED) is 0.212. The monoisotopic (exact) mass is 594 g/mol. The summed E-state index contributed by atoms with van der Waals surface area (Å²) in [6.07, 6.45) is 3.19. The number of hydrogen-bond donors (Lipinski definition) is 1. The zero-order chi connectivity index (χ0) is 30.4. The fourth-order valence-electron chi connectivity index (χ4n) is 5.01. The number of methoxy groups -OCH3 is 1. The Hall–Kier alpha value is -3.75. The van der Waals surface area contributed by atoms with Gasteiger partial charge in [-0.1, -0.05) is 23.7 Å². The number of piperidine rings is 1. The molecule has 2 N–H and O–H groups in total. The summed E-state index contributed by atoms with van der Waals surface area (Å²) in [5, 5.41) is 0.596. The number of anilines is 1. The highest BCUT2D eigenvalue weighted by molar-refractivity contribution is 6.30. The lowest BCUT2D eigenvalue weighted by atomic mass is 9.86. The van der Waals surface area contributed by atoms with Crippen LogP contribution in [0.4, 0.5) is 10.5 Å². The molecular formula is C33H39ClN2O6. The highest BCUT2D eigenvalue weighted by Gasteiger charge is 2.29. The number of ether oxygens (including phenoxy) is 3. The first-order chi connectivity index (χ1) is 20.0. The summed E-state index contributed by atoms with van der Waals surface area (Å²) < 4.78 is 22.4. The zero-order valence-electron chi connectivity index (χ0n) is 24.9. The molecule has 4 rings (SSSR count). The van der Waals surface area contributed by atoms with E-state index in [1.807, 2.05) is 57.2 Å².